The van der Waals surface area contributed by atoms with Crippen molar-refractivity contribution in [3.63, 3.8) is 0 Å². The molecule has 0 N–H and O–H groups in total. The maximum absolute atomic E-state index is 12.5. The summed E-state index contributed by atoms with van der Waals surface area (Å²) in [5.74, 6) is 1.74. The van der Waals surface area contributed by atoms with E-state index in [4.69, 9.17) is 14.5 Å². The molecule has 0 saturated carbocycles. The van der Waals surface area contributed by atoms with Crippen molar-refractivity contribution < 1.29 is 14.3 Å². The summed E-state index contributed by atoms with van der Waals surface area (Å²) < 4.78 is 11.6. The monoisotopic (exact) mass is 333 g/mol. The van der Waals surface area contributed by atoms with Crippen LogP contribution < -0.4 is 9.64 Å². The van der Waals surface area contributed by atoms with Crippen LogP contribution in [0.5, 0.6) is 5.75 Å². The first-order chi connectivity index (χ1) is 11.4. The summed E-state index contributed by atoms with van der Waals surface area (Å²) in [5.41, 5.74) is 0.294. The van der Waals surface area contributed by atoms with Crippen LogP contribution in [0.2, 0.25) is 0 Å². The lowest BCUT2D eigenvalue weighted by Crippen LogP contribution is -2.40. The molecule has 0 aromatic carbocycles. The summed E-state index contributed by atoms with van der Waals surface area (Å²) in [7, 11) is 0. The van der Waals surface area contributed by atoms with Crippen LogP contribution in [0.3, 0.4) is 0 Å². The van der Waals surface area contributed by atoms with E-state index in [-0.39, 0.29) is 12.2 Å². The molecule has 1 saturated heterocycles. The van der Waals surface area contributed by atoms with E-state index >= 15 is 0 Å². The van der Waals surface area contributed by atoms with Crippen LogP contribution in [0, 0.1) is 0 Å². The fourth-order valence-electron chi connectivity index (χ4n) is 2.81. The van der Waals surface area contributed by atoms with Crippen molar-refractivity contribution in [1.82, 2.24) is 9.88 Å². The van der Waals surface area contributed by atoms with Crippen molar-refractivity contribution in [3.8, 4) is 5.75 Å². The Labute approximate surface area is 143 Å². The Hall–Kier alpha value is -1.98. The average molecular weight is 333 g/mol. The third-order valence-corrected chi connectivity index (χ3v) is 4.26. The van der Waals surface area contributed by atoms with Gasteiger partial charge in [0.05, 0.1) is 13.1 Å². The molecule has 0 unspecified atom stereocenters. The molecule has 6 nitrogen and oxygen atoms in total. The predicted molar refractivity (Wildman–Crippen MR) is 92.4 cm³/mol. The standard InChI is InChI=1S/C18H27N3O3/c1-5-13-11-21(17(22)24-18(2,3)4)12-14-15(23-13)7-8-16(19-14)20-9-6-10-20/h7-8,13H,5-6,9-12H2,1-4H3/t13-/m1/s1. The third-order valence-electron chi connectivity index (χ3n) is 4.26. The van der Waals surface area contributed by atoms with Gasteiger partial charge >= 0.3 is 6.09 Å². The minimum Gasteiger partial charge on any atom is -0.487 e. The van der Waals surface area contributed by atoms with Gasteiger partial charge in [0.25, 0.3) is 0 Å². The van der Waals surface area contributed by atoms with Gasteiger partial charge in [0.1, 0.15) is 29.0 Å². The van der Waals surface area contributed by atoms with E-state index in [1.807, 2.05) is 32.9 Å². The largest absolute Gasteiger partial charge is 0.487 e. The first kappa shape index (κ1) is 16.9. The molecule has 0 spiro atoms. The first-order valence-corrected chi connectivity index (χ1v) is 8.75. The van der Waals surface area contributed by atoms with Gasteiger partial charge in [0.2, 0.25) is 0 Å². The fraction of sp³-hybridized carbons (Fsp3) is 0.667. The number of pyridine rings is 1. The van der Waals surface area contributed by atoms with E-state index in [0.29, 0.717) is 13.1 Å². The molecule has 0 bridgehead atoms. The molecular formula is C18H27N3O3. The maximum Gasteiger partial charge on any atom is 0.410 e. The zero-order chi connectivity index (χ0) is 17.3. The highest BCUT2D eigenvalue weighted by atomic mass is 16.6. The Morgan fingerprint density at radius 1 is 1.38 bits per heavy atom. The fourth-order valence-corrected chi connectivity index (χ4v) is 2.81. The van der Waals surface area contributed by atoms with Crippen molar-refractivity contribution in [2.45, 2.75) is 58.8 Å². The summed E-state index contributed by atoms with van der Waals surface area (Å²) in [6.07, 6.45) is 1.67. The molecule has 1 fully saturated rings. The number of rotatable bonds is 2. The van der Waals surface area contributed by atoms with E-state index in [0.717, 1.165) is 36.8 Å². The number of fused-ring (bicyclic) bond motifs is 1. The number of aromatic nitrogens is 1. The lowest BCUT2D eigenvalue weighted by molar-refractivity contribution is 0.0176. The van der Waals surface area contributed by atoms with Gasteiger partial charge in [0.15, 0.2) is 0 Å². The molecule has 1 atom stereocenters. The van der Waals surface area contributed by atoms with Crippen molar-refractivity contribution in [1.29, 1.82) is 0 Å². The molecule has 0 radical (unpaired) electrons. The quantitative estimate of drug-likeness (QED) is 0.832. The SMILES string of the molecule is CC[C@@H]1CN(C(=O)OC(C)(C)C)Cc2nc(N3CCC3)ccc2O1. The molecule has 3 heterocycles. The minimum atomic E-state index is -0.512. The first-order valence-electron chi connectivity index (χ1n) is 8.75. The van der Waals surface area contributed by atoms with Gasteiger partial charge in [0, 0.05) is 13.1 Å². The summed E-state index contributed by atoms with van der Waals surface area (Å²) in [6, 6.07) is 3.99. The smallest absolute Gasteiger partial charge is 0.410 e. The highest BCUT2D eigenvalue weighted by Crippen LogP contribution is 2.29. The number of anilines is 1. The summed E-state index contributed by atoms with van der Waals surface area (Å²) in [4.78, 5) is 21.2. The van der Waals surface area contributed by atoms with Gasteiger partial charge in [-0.25, -0.2) is 9.78 Å². The molecule has 1 aromatic heterocycles. The van der Waals surface area contributed by atoms with Gasteiger partial charge < -0.3 is 14.4 Å². The number of ether oxygens (including phenoxy) is 2. The van der Waals surface area contributed by atoms with Gasteiger partial charge in [-0.1, -0.05) is 6.92 Å². The summed E-state index contributed by atoms with van der Waals surface area (Å²) in [6.45, 7) is 10.7. The van der Waals surface area contributed by atoms with E-state index in [2.05, 4.69) is 11.8 Å². The lowest BCUT2D eigenvalue weighted by atomic mass is 10.2. The van der Waals surface area contributed by atoms with Crippen molar-refractivity contribution in [2.24, 2.45) is 0 Å². The molecule has 24 heavy (non-hydrogen) atoms. The van der Waals surface area contributed by atoms with Crippen LogP contribution in [0.25, 0.3) is 0 Å². The number of carbonyl (C=O) groups excluding carboxylic acids is 1. The van der Waals surface area contributed by atoms with E-state index in [1.54, 1.807) is 4.90 Å². The maximum atomic E-state index is 12.5. The van der Waals surface area contributed by atoms with E-state index in [1.165, 1.54) is 6.42 Å². The highest BCUT2D eigenvalue weighted by Gasteiger charge is 2.30. The van der Waals surface area contributed by atoms with Gasteiger partial charge in [-0.2, -0.15) is 0 Å². The molecule has 3 rings (SSSR count). The van der Waals surface area contributed by atoms with E-state index in [9.17, 15) is 4.79 Å². The number of nitrogens with zero attached hydrogens (tertiary/aromatic N) is 3. The zero-order valence-electron chi connectivity index (χ0n) is 15.0. The van der Waals surface area contributed by atoms with Crippen LogP contribution in [0.1, 0.15) is 46.2 Å². The second-order valence-corrected chi connectivity index (χ2v) is 7.46. The van der Waals surface area contributed by atoms with Crippen molar-refractivity contribution in [2.75, 3.05) is 24.5 Å². The van der Waals surface area contributed by atoms with Crippen LogP contribution in [-0.2, 0) is 11.3 Å². The summed E-state index contributed by atoms with van der Waals surface area (Å²) >= 11 is 0. The summed E-state index contributed by atoms with van der Waals surface area (Å²) in [5, 5.41) is 0. The third kappa shape index (κ3) is 3.74. The molecule has 2 aliphatic rings. The van der Waals surface area contributed by atoms with Gasteiger partial charge in [-0.15, -0.1) is 0 Å². The number of carbonyl (C=O) groups is 1. The normalized spacial score (nSPS) is 20.6. The Kier molecular flexibility index (Phi) is 4.56. The van der Waals surface area contributed by atoms with Gasteiger partial charge in [-0.05, 0) is 45.7 Å². The van der Waals surface area contributed by atoms with Crippen LogP contribution >= 0.6 is 0 Å². The molecule has 2 aliphatic heterocycles. The Morgan fingerprint density at radius 2 is 2.12 bits per heavy atom. The predicted octanol–water partition coefficient (Wildman–Crippen LogP) is 3.20. The van der Waals surface area contributed by atoms with Crippen LogP contribution in [0.4, 0.5) is 10.6 Å². The Balaban J connectivity index is 1.84. The zero-order valence-corrected chi connectivity index (χ0v) is 15.0. The van der Waals surface area contributed by atoms with Crippen LogP contribution in [0.15, 0.2) is 12.1 Å². The molecule has 1 aromatic rings. The second-order valence-electron chi connectivity index (χ2n) is 7.46. The van der Waals surface area contributed by atoms with Crippen molar-refractivity contribution in [3.05, 3.63) is 17.8 Å². The number of hydrogen-bond acceptors (Lipinski definition) is 5. The lowest BCUT2D eigenvalue weighted by Gasteiger charge is -2.32. The second kappa shape index (κ2) is 6.49. The number of amides is 1. The topological polar surface area (TPSA) is 54.9 Å². The van der Waals surface area contributed by atoms with Crippen molar-refractivity contribution >= 4 is 11.9 Å². The number of hydrogen-bond donors (Lipinski definition) is 0. The van der Waals surface area contributed by atoms with Gasteiger partial charge in [-0.3, -0.25) is 4.90 Å². The molecule has 132 valence electrons. The molecule has 1 amide bonds. The molecular weight excluding hydrogens is 306 g/mol. The highest BCUT2D eigenvalue weighted by molar-refractivity contribution is 5.68. The Bertz CT molecular complexity index is 608. The van der Waals surface area contributed by atoms with E-state index < -0.39 is 5.60 Å². The Morgan fingerprint density at radius 3 is 2.71 bits per heavy atom. The average Bonchev–Trinajstić information content (AvgIpc) is 2.62. The minimum absolute atomic E-state index is 0.0459. The molecule has 0 aliphatic carbocycles. The molecule has 6 heteroatoms. The van der Waals surface area contributed by atoms with Crippen LogP contribution in [-0.4, -0.2) is 47.3 Å².